The van der Waals surface area contributed by atoms with E-state index in [0.29, 0.717) is 28.6 Å². The number of nitrogens with zero attached hydrogens (tertiary/aromatic N) is 3. The van der Waals surface area contributed by atoms with Crippen LogP contribution in [0.5, 0.6) is 0 Å². The average molecular weight is 340 g/mol. The molecular weight excluding hydrogens is 320 g/mol. The fourth-order valence-electron chi connectivity index (χ4n) is 3.99. The molecule has 1 saturated carbocycles. The fourth-order valence-corrected chi connectivity index (χ4v) is 3.99. The van der Waals surface area contributed by atoms with E-state index in [1.165, 1.54) is 6.33 Å². The summed E-state index contributed by atoms with van der Waals surface area (Å²) in [7, 11) is 1.78. The Hall–Kier alpha value is -2.90. The summed E-state index contributed by atoms with van der Waals surface area (Å²) in [4.78, 5) is 33.6. The number of carbonyl (C=O) groups is 1. The molecule has 130 valence electrons. The Morgan fingerprint density at radius 1 is 1.24 bits per heavy atom. The van der Waals surface area contributed by atoms with Crippen molar-refractivity contribution in [2.45, 2.75) is 37.6 Å². The van der Waals surface area contributed by atoms with Gasteiger partial charge in [-0.3, -0.25) is 9.59 Å². The first-order valence-corrected chi connectivity index (χ1v) is 8.41. The van der Waals surface area contributed by atoms with Crippen molar-refractivity contribution in [2.24, 2.45) is 7.05 Å². The lowest BCUT2D eigenvalue weighted by Gasteiger charge is -2.33. The van der Waals surface area contributed by atoms with Gasteiger partial charge in [0.15, 0.2) is 0 Å². The molecule has 4 N–H and O–H groups in total. The van der Waals surface area contributed by atoms with Gasteiger partial charge in [-0.25, -0.2) is 9.97 Å². The van der Waals surface area contributed by atoms with Crippen molar-refractivity contribution >= 4 is 23.2 Å². The zero-order valence-electron chi connectivity index (χ0n) is 14.0. The van der Waals surface area contributed by atoms with Gasteiger partial charge >= 0.3 is 0 Å². The van der Waals surface area contributed by atoms with Crippen LogP contribution in [0, 0.1) is 0 Å². The third kappa shape index (κ3) is 2.45. The van der Waals surface area contributed by atoms with Gasteiger partial charge in [-0.15, -0.1) is 0 Å². The Kier molecular flexibility index (Phi) is 3.48. The highest BCUT2D eigenvalue weighted by atomic mass is 16.2. The lowest BCUT2D eigenvalue weighted by atomic mass is 9.78. The van der Waals surface area contributed by atoms with Gasteiger partial charge in [0.05, 0.1) is 11.1 Å². The molecule has 0 atom stereocenters. The van der Waals surface area contributed by atoms with Crippen molar-refractivity contribution in [3.05, 3.63) is 40.1 Å². The summed E-state index contributed by atoms with van der Waals surface area (Å²) >= 11 is 0. The summed E-state index contributed by atoms with van der Waals surface area (Å²) in [6.45, 7) is 0. The second-order valence-electron chi connectivity index (χ2n) is 6.76. The number of pyridine rings is 1. The highest BCUT2D eigenvalue weighted by Gasteiger charge is 2.47. The van der Waals surface area contributed by atoms with Gasteiger partial charge in [0.25, 0.3) is 5.91 Å². The molecule has 0 aromatic carbocycles. The van der Waals surface area contributed by atoms with Crippen LogP contribution in [0.4, 0.5) is 17.3 Å². The minimum Gasteiger partial charge on any atom is -0.384 e. The zero-order valence-corrected chi connectivity index (χ0v) is 14.0. The maximum absolute atomic E-state index is 13.2. The van der Waals surface area contributed by atoms with Crippen LogP contribution in [-0.2, 0) is 12.6 Å². The van der Waals surface area contributed by atoms with Gasteiger partial charge in [0.2, 0.25) is 5.43 Å². The van der Waals surface area contributed by atoms with Crippen LogP contribution in [0.2, 0.25) is 0 Å². The Morgan fingerprint density at radius 2 is 2.00 bits per heavy atom. The predicted molar refractivity (Wildman–Crippen MR) is 93.6 cm³/mol. The van der Waals surface area contributed by atoms with Crippen LogP contribution in [0.15, 0.2) is 23.4 Å². The van der Waals surface area contributed by atoms with E-state index in [4.69, 9.17) is 5.73 Å². The number of nitrogens with two attached hydrogens (primary N) is 1. The lowest BCUT2D eigenvalue weighted by Crippen LogP contribution is -2.43. The Morgan fingerprint density at radius 3 is 2.72 bits per heavy atom. The van der Waals surface area contributed by atoms with E-state index in [2.05, 4.69) is 20.6 Å². The van der Waals surface area contributed by atoms with Gasteiger partial charge in [0.1, 0.15) is 29.3 Å². The maximum atomic E-state index is 13.2. The molecule has 0 bridgehead atoms. The maximum Gasteiger partial charge on any atom is 0.269 e. The normalized spacial score (nSPS) is 18.0. The van der Waals surface area contributed by atoms with Gasteiger partial charge in [-0.05, 0) is 12.8 Å². The van der Waals surface area contributed by atoms with Crippen LogP contribution in [0.1, 0.15) is 48.2 Å². The van der Waals surface area contributed by atoms with E-state index in [0.717, 1.165) is 32.1 Å². The summed E-state index contributed by atoms with van der Waals surface area (Å²) in [6.07, 6.45) is 7.69. The van der Waals surface area contributed by atoms with E-state index < -0.39 is 5.54 Å². The highest BCUT2D eigenvalue weighted by Crippen LogP contribution is 2.41. The van der Waals surface area contributed by atoms with Gasteiger partial charge in [0, 0.05) is 19.3 Å². The summed E-state index contributed by atoms with van der Waals surface area (Å²) in [5.74, 6) is 0.588. The van der Waals surface area contributed by atoms with Crippen molar-refractivity contribution in [2.75, 3.05) is 11.1 Å². The molecule has 8 nitrogen and oxygen atoms in total. The van der Waals surface area contributed by atoms with Crippen LogP contribution in [0.3, 0.4) is 0 Å². The summed E-state index contributed by atoms with van der Waals surface area (Å²) in [5, 5.41) is 6.10. The van der Waals surface area contributed by atoms with Gasteiger partial charge < -0.3 is 20.9 Å². The van der Waals surface area contributed by atoms with E-state index in [1.54, 1.807) is 23.9 Å². The topological polar surface area (TPSA) is 115 Å². The quantitative estimate of drug-likeness (QED) is 0.761. The molecule has 0 unspecified atom stereocenters. The fraction of sp³-hybridized carbons (Fsp3) is 0.412. The molecule has 8 heteroatoms. The summed E-state index contributed by atoms with van der Waals surface area (Å²) in [6, 6.07) is 1.56. The van der Waals surface area contributed by atoms with Gasteiger partial charge in [-0.2, -0.15) is 0 Å². The smallest absolute Gasteiger partial charge is 0.269 e. The van der Waals surface area contributed by atoms with Crippen molar-refractivity contribution in [1.82, 2.24) is 19.9 Å². The van der Waals surface area contributed by atoms with E-state index in [1.807, 2.05) is 0 Å². The summed E-state index contributed by atoms with van der Waals surface area (Å²) in [5.41, 5.74) is 6.38. The van der Waals surface area contributed by atoms with E-state index in [-0.39, 0.29) is 11.3 Å². The van der Waals surface area contributed by atoms with Crippen molar-refractivity contribution < 1.29 is 4.79 Å². The predicted octanol–water partition coefficient (Wildman–Crippen LogP) is 1.40. The number of aromatic nitrogens is 3. The molecule has 1 aliphatic carbocycles. The number of carbonyl (C=O) groups excluding carboxylic acids is 1. The van der Waals surface area contributed by atoms with Gasteiger partial charge in [-0.1, -0.05) is 19.3 Å². The molecule has 1 aliphatic heterocycles. The molecule has 1 spiro atoms. The Bertz CT molecular complexity index is 914. The molecular formula is C17H20N6O2. The number of anilines is 3. The standard InChI is InChI=1S/C17H20N6O2/c1-23-8-10(21-12-7-11(18)19-9-20-12)15(24)13-14(23)16(25)22-17(13)5-3-2-4-6-17/h7-9H,2-6H2,1H3,(H,22,25)(H3,18,19,20,21). The summed E-state index contributed by atoms with van der Waals surface area (Å²) < 4.78 is 1.71. The first-order valence-electron chi connectivity index (χ1n) is 8.41. The third-order valence-corrected chi connectivity index (χ3v) is 5.09. The number of hydrogen-bond acceptors (Lipinski definition) is 6. The van der Waals surface area contributed by atoms with Crippen molar-refractivity contribution in [3.63, 3.8) is 0 Å². The van der Waals surface area contributed by atoms with E-state index >= 15 is 0 Å². The third-order valence-electron chi connectivity index (χ3n) is 5.09. The Balaban J connectivity index is 1.84. The zero-order chi connectivity index (χ0) is 17.6. The van der Waals surface area contributed by atoms with Crippen LogP contribution in [-0.4, -0.2) is 20.4 Å². The molecule has 2 aromatic rings. The molecule has 1 amide bonds. The molecule has 2 aliphatic rings. The first-order chi connectivity index (χ1) is 12.0. The van der Waals surface area contributed by atoms with Crippen molar-refractivity contribution in [1.29, 1.82) is 0 Å². The number of fused-ring (bicyclic) bond motifs is 2. The van der Waals surface area contributed by atoms with E-state index in [9.17, 15) is 9.59 Å². The number of nitrogen functional groups attached to an aromatic ring is 1. The monoisotopic (exact) mass is 340 g/mol. The molecule has 0 radical (unpaired) electrons. The highest BCUT2D eigenvalue weighted by molar-refractivity contribution is 5.99. The first kappa shape index (κ1) is 15.6. The minimum atomic E-state index is -0.540. The van der Waals surface area contributed by atoms with Crippen LogP contribution in [0.25, 0.3) is 0 Å². The Labute approximate surface area is 144 Å². The number of rotatable bonds is 2. The second kappa shape index (κ2) is 5.58. The minimum absolute atomic E-state index is 0.162. The number of aryl methyl sites for hydroxylation is 1. The van der Waals surface area contributed by atoms with Crippen molar-refractivity contribution in [3.8, 4) is 0 Å². The molecule has 25 heavy (non-hydrogen) atoms. The largest absolute Gasteiger partial charge is 0.384 e. The molecule has 4 rings (SSSR count). The van der Waals surface area contributed by atoms with Crippen LogP contribution >= 0.6 is 0 Å². The molecule has 3 heterocycles. The average Bonchev–Trinajstić information content (AvgIpc) is 2.85. The van der Waals surface area contributed by atoms with Crippen LogP contribution < -0.4 is 21.8 Å². The lowest BCUT2D eigenvalue weighted by molar-refractivity contribution is 0.0903. The molecule has 0 saturated heterocycles. The molecule has 1 fully saturated rings. The number of hydrogen-bond donors (Lipinski definition) is 3. The second-order valence-corrected chi connectivity index (χ2v) is 6.76. The number of amides is 1. The SMILES string of the molecule is Cn1cc(Nc2cc(N)ncn2)c(=O)c2c1C(=O)NC21CCCCC1. The number of nitrogens with one attached hydrogen (secondary N) is 2. The molecule has 2 aromatic heterocycles.